The van der Waals surface area contributed by atoms with Crippen LogP contribution >= 0.6 is 0 Å². The molecule has 0 aliphatic rings. The number of aromatic nitrogens is 2. The lowest BCUT2D eigenvalue weighted by molar-refractivity contribution is 0.0937. The van der Waals surface area contributed by atoms with Crippen LogP contribution in [0.15, 0.2) is 18.2 Å². The van der Waals surface area contributed by atoms with Crippen LogP contribution < -0.4 is 5.32 Å². The smallest absolute Gasteiger partial charge is 0.251 e. The van der Waals surface area contributed by atoms with E-state index in [0.29, 0.717) is 18.7 Å². The summed E-state index contributed by atoms with van der Waals surface area (Å²) in [4.78, 5) is 21.3. The molecule has 1 heterocycles. The van der Waals surface area contributed by atoms with E-state index in [1.807, 2.05) is 6.07 Å². The molecule has 0 bridgehead atoms. The fourth-order valence-corrected chi connectivity index (χ4v) is 2.20. The Morgan fingerprint density at radius 1 is 1.14 bits per heavy atom. The van der Waals surface area contributed by atoms with Gasteiger partial charge in [-0.3, -0.25) is 4.79 Å². The van der Waals surface area contributed by atoms with Crippen LogP contribution in [0.4, 0.5) is 0 Å². The summed E-state index contributed by atoms with van der Waals surface area (Å²) in [5, 5.41) is 2.80. The van der Waals surface area contributed by atoms with Crippen LogP contribution in [0.1, 0.15) is 35.6 Å². The minimum absolute atomic E-state index is 0.117. The molecule has 0 spiro atoms. The third-order valence-electron chi connectivity index (χ3n) is 3.34. The molecule has 0 atom stereocenters. The van der Waals surface area contributed by atoms with Crippen molar-refractivity contribution in [2.45, 2.75) is 26.7 Å². The maximum atomic E-state index is 12.0. The third kappa shape index (κ3) is 3.55. The first-order valence-electron chi connectivity index (χ1n) is 7.26. The average Bonchev–Trinajstić information content (AvgIpc) is 2.52. The van der Waals surface area contributed by atoms with Crippen LogP contribution in [0.2, 0.25) is 0 Å². The number of hydrogen-bond donors (Lipinski definition) is 1. The number of benzene rings is 1. The van der Waals surface area contributed by atoms with Gasteiger partial charge in [0.15, 0.2) is 0 Å². The number of fused-ring (bicyclic) bond motifs is 1. The van der Waals surface area contributed by atoms with E-state index in [4.69, 9.17) is 4.74 Å². The van der Waals surface area contributed by atoms with E-state index in [2.05, 4.69) is 29.1 Å². The second kappa shape index (κ2) is 7.13. The molecule has 1 N–H and O–H groups in total. The Morgan fingerprint density at radius 3 is 2.43 bits per heavy atom. The van der Waals surface area contributed by atoms with Gasteiger partial charge in [-0.15, -0.1) is 0 Å². The molecule has 21 heavy (non-hydrogen) atoms. The highest BCUT2D eigenvalue weighted by molar-refractivity contribution is 5.97. The Hall–Kier alpha value is -2.01. The molecule has 0 saturated carbocycles. The summed E-state index contributed by atoms with van der Waals surface area (Å²) in [5.41, 5.74) is 4.23. The van der Waals surface area contributed by atoms with Gasteiger partial charge in [0.1, 0.15) is 0 Å². The zero-order chi connectivity index (χ0) is 15.2. The Morgan fingerprint density at radius 2 is 1.81 bits per heavy atom. The Balaban J connectivity index is 2.30. The highest BCUT2D eigenvalue weighted by Gasteiger charge is 2.10. The summed E-state index contributed by atoms with van der Waals surface area (Å²) in [5.74, 6) is -0.117. The molecule has 0 unspecified atom stereocenters. The zero-order valence-corrected chi connectivity index (χ0v) is 12.8. The van der Waals surface area contributed by atoms with Gasteiger partial charge in [-0.05, 0) is 31.0 Å². The van der Waals surface area contributed by atoms with Crippen molar-refractivity contribution in [3.63, 3.8) is 0 Å². The Labute approximate surface area is 124 Å². The van der Waals surface area contributed by atoms with Crippen molar-refractivity contribution < 1.29 is 9.53 Å². The summed E-state index contributed by atoms with van der Waals surface area (Å²) < 4.78 is 4.92. The molecule has 5 nitrogen and oxygen atoms in total. The number of ether oxygens (including phenoxy) is 1. The number of nitrogens with one attached hydrogen (secondary N) is 1. The van der Waals surface area contributed by atoms with Crippen molar-refractivity contribution in [1.82, 2.24) is 15.3 Å². The van der Waals surface area contributed by atoms with E-state index in [-0.39, 0.29) is 5.91 Å². The highest BCUT2D eigenvalue weighted by atomic mass is 16.5. The molecule has 1 amide bonds. The first kappa shape index (κ1) is 15.4. The SMILES string of the molecule is CCc1nc2ccc(C(=O)NCCOC)cc2nc1CC. The van der Waals surface area contributed by atoms with E-state index in [0.717, 1.165) is 35.3 Å². The quantitative estimate of drug-likeness (QED) is 0.827. The molecular formula is C16H21N3O2. The van der Waals surface area contributed by atoms with Gasteiger partial charge in [0.2, 0.25) is 0 Å². The fourth-order valence-electron chi connectivity index (χ4n) is 2.20. The largest absolute Gasteiger partial charge is 0.383 e. The zero-order valence-electron chi connectivity index (χ0n) is 12.8. The summed E-state index contributed by atoms with van der Waals surface area (Å²) >= 11 is 0. The fraction of sp³-hybridized carbons (Fsp3) is 0.438. The molecular weight excluding hydrogens is 266 g/mol. The van der Waals surface area contributed by atoms with Gasteiger partial charge in [-0.2, -0.15) is 0 Å². The maximum absolute atomic E-state index is 12.0. The standard InChI is InChI=1S/C16H21N3O2/c1-4-12-13(5-2)19-15-10-11(6-7-14(15)18-12)16(20)17-8-9-21-3/h6-7,10H,4-5,8-9H2,1-3H3,(H,17,20). The van der Waals surface area contributed by atoms with E-state index in [1.54, 1.807) is 19.2 Å². The summed E-state index contributed by atoms with van der Waals surface area (Å²) in [6.45, 7) is 5.13. The minimum Gasteiger partial charge on any atom is -0.383 e. The lowest BCUT2D eigenvalue weighted by atomic mass is 10.1. The summed E-state index contributed by atoms with van der Waals surface area (Å²) in [7, 11) is 1.61. The molecule has 5 heteroatoms. The number of carbonyl (C=O) groups is 1. The van der Waals surface area contributed by atoms with Crippen molar-refractivity contribution in [2.24, 2.45) is 0 Å². The molecule has 0 aliphatic carbocycles. The summed E-state index contributed by atoms with van der Waals surface area (Å²) in [6, 6.07) is 5.43. The van der Waals surface area contributed by atoms with Crippen LogP contribution in [0.5, 0.6) is 0 Å². The molecule has 0 radical (unpaired) electrons. The first-order chi connectivity index (χ1) is 10.2. The van der Waals surface area contributed by atoms with Gasteiger partial charge in [-0.25, -0.2) is 9.97 Å². The van der Waals surface area contributed by atoms with Gasteiger partial charge in [0.05, 0.1) is 29.0 Å². The number of aryl methyl sites for hydroxylation is 2. The molecule has 2 aromatic rings. The van der Waals surface area contributed by atoms with Crippen LogP contribution in [0.25, 0.3) is 11.0 Å². The molecule has 0 fully saturated rings. The number of nitrogens with zero attached hydrogens (tertiary/aromatic N) is 2. The van der Waals surface area contributed by atoms with E-state index in [1.165, 1.54) is 0 Å². The number of amides is 1. The predicted molar refractivity (Wildman–Crippen MR) is 82.5 cm³/mol. The van der Waals surface area contributed by atoms with Crippen LogP contribution in [0.3, 0.4) is 0 Å². The maximum Gasteiger partial charge on any atom is 0.251 e. The van der Waals surface area contributed by atoms with Crippen molar-refractivity contribution in [3.8, 4) is 0 Å². The van der Waals surface area contributed by atoms with Crippen LogP contribution in [-0.2, 0) is 17.6 Å². The van der Waals surface area contributed by atoms with Crippen LogP contribution in [-0.4, -0.2) is 36.1 Å². The molecule has 1 aromatic carbocycles. The molecule has 0 saturated heterocycles. The number of carbonyl (C=O) groups excluding carboxylic acids is 1. The molecule has 0 aliphatic heterocycles. The number of hydrogen-bond acceptors (Lipinski definition) is 4. The Kier molecular flexibility index (Phi) is 5.22. The number of methoxy groups -OCH3 is 1. The minimum atomic E-state index is -0.117. The lowest BCUT2D eigenvalue weighted by Crippen LogP contribution is -2.26. The van der Waals surface area contributed by atoms with Gasteiger partial charge in [-0.1, -0.05) is 13.8 Å². The second-order valence-electron chi connectivity index (χ2n) is 4.78. The van der Waals surface area contributed by atoms with Crippen molar-refractivity contribution in [2.75, 3.05) is 20.3 Å². The monoisotopic (exact) mass is 287 g/mol. The molecule has 2 rings (SSSR count). The second-order valence-corrected chi connectivity index (χ2v) is 4.78. The van der Waals surface area contributed by atoms with Crippen molar-refractivity contribution in [3.05, 3.63) is 35.2 Å². The normalized spacial score (nSPS) is 10.8. The molecule has 112 valence electrons. The summed E-state index contributed by atoms with van der Waals surface area (Å²) in [6.07, 6.45) is 1.71. The van der Waals surface area contributed by atoms with Gasteiger partial charge < -0.3 is 10.1 Å². The van der Waals surface area contributed by atoms with E-state index < -0.39 is 0 Å². The van der Waals surface area contributed by atoms with Crippen molar-refractivity contribution in [1.29, 1.82) is 0 Å². The average molecular weight is 287 g/mol. The highest BCUT2D eigenvalue weighted by Crippen LogP contribution is 2.16. The topological polar surface area (TPSA) is 64.1 Å². The van der Waals surface area contributed by atoms with Gasteiger partial charge in [0, 0.05) is 19.2 Å². The number of rotatable bonds is 6. The predicted octanol–water partition coefficient (Wildman–Crippen LogP) is 2.13. The Bertz CT molecular complexity index is 641. The van der Waals surface area contributed by atoms with E-state index >= 15 is 0 Å². The van der Waals surface area contributed by atoms with E-state index in [9.17, 15) is 4.79 Å². The third-order valence-corrected chi connectivity index (χ3v) is 3.34. The van der Waals surface area contributed by atoms with Crippen LogP contribution in [0, 0.1) is 0 Å². The molecule has 1 aromatic heterocycles. The first-order valence-corrected chi connectivity index (χ1v) is 7.26. The van der Waals surface area contributed by atoms with Gasteiger partial charge >= 0.3 is 0 Å². The lowest BCUT2D eigenvalue weighted by Gasteiger charge is -2.08. The van der Waals surface area contributed by atoms with Crippen molar-refractivity contribution >= 4 is 16.9 Å². The van der Waals surface area contributed by atoms with Gasteiger partial charge in [0.25, 0.3) is 5.91 Å².